The molecule has 1 saturated heterocycles. The van der Waals surface area contributed by atoms with E-state index in [4.69, 9.17) is 14.2 Å². The summed E-state index contributed by atoms with van der Waals surface area (Å²) in [7, 11) is 0. The van der Waals surface area contributed by atoms with Crippen molar-refractivity contribution in [1.82, 2.24) is 19.6 Å². The first-order chi connectivity index (χ1) is 18.6. The molecule has 2 aromatic heterocycles. The zero-order valence-corrected chi connectivity index (χ0v) is 22.4. The molecule has 0 bridgehead atoms. The third kappa shape index (κ3) is 6.72. The minimum atomic E-state index is -0.831. The molecule has 1 saturated carbocycles. The summed E-state index contributed by atoms with van der Waals surface area (Å²) in [6.07, 6.45) is 7.63. The van der Waals surface area contributed by atoms with E-state index >= 15 is 0 Å². The van der Waals surface area contributed by atoms with Crippen LogP contribution in [-0.2, 0) is 20.8 Å². The number of amides is 1. The fraction of sp³-hybridized carbons (Fsp3) is 0.500. The van der Waals surface area contributed by atoms with Crippen molar-refractivity contribution in [2.24, 2.45) is 5.92 Å². The molecule has 10 nitrogen and oxygen atoms in total. The first kappa shape index (κ1) is 27.0. The van der Waals surface area contributed by atoms with Gasteiger partial charge < -0.3 is 19.5 Å². The van der Waals surface area contributed by atoms with E-state index in [0.717, 1.165) is 31.2 Å². The van der Waals surface area contributed by atoms with Crippen LogP contribution in [0.3, 0.4) is 0 Å². The maximum Gasteiger partial charge on any atom is 0.271 e. The number of hydrogen-bond acceptors (Lipinski definition) is 7. The molecule has 1 aliphatic heterocycles. The average Bonchev–Trinajstić information content (AvgIpc) is 3.63. The summed E-state index contributed by atoms with van der Waals surface area (Å²) in [6.45, 7) is 6.48. The van der Waals surface area contributed by atoms with Crippen LogP contribution in [0.15, 0.2) is 47.5 Å². The van der Waals surface area contributed by atoms with Crippen molar-refractivity contribution in [2.45, 2.75) is 77.4 Å². The number of carbonyl (C=O) groups excluding carboxylic acids is 1. The van der Waals surface area contributed by atoms with Gasteiger partial charge in [-0.05, 0) is 50.8 Å². The molecule has 208 valence electrons. The molecule has 1 aliphatic carbocycles. The van der Waals surface area contributed by atoms with Gasteiger partial charge in [0.25, 0.3) is 11.5 Å². The van der Waals surface area contributed by atoms with Gasteiger partial charge in [-0.1, -0.05) is 31.7 Å². The Bertz CT molecular complexity index is 1380. The lowest BCUT2D eigenvalue weighted by Crippen LogP contribution is -2.36. The van der Waals surface area contributed by atoms with Crippen molar-refractivity contribution in [2.75, 3.05) is 11.9 Å². The quantitative estimate of drug-likeness (QED) is 0.424. The van der Waals surface area contributed by atoms with Crippen molar-refractivity contribution in [3.05, 3.63) is 64.5 Å². The van der Waals surface area contributed by atoms with Gasteiger partial charge in [-0.15, -0.1) is 0 Å². The summed E-state index contributed by atoms with van der Waals surface area (Å²) < 4.78 is 34.0. The number of nitrogens with zero attached hydrogens (tertiary/aromatic N) is 4. The number of halogens is 1. The van der Waals surface area contributed by atoms with Crippen LogP contribution < -0.4 is 15.6 Å². The number of aromatic nitrogens is 4. The molecule has 3 heterocycles. The molecule has 1 amide bonds. The molecule has 1 aromatic carbocycles. The van der Waals surface area contributed by atoms with Gasteiger partial charge in [0.2, 0.25) is 0 Å². The normalized spacial score (nSPS) is 19.7. The molecular weight excluding hydrogens is 505 g/mol. The van der Waals surface area contributed by atoms with E-state index in [-0.39, 0.29) is 23.5 Å². The molecule has 5 rings (SSSR count). The molecule has 1 unspecified atom stereocenters. The largest absolute Gasteiger partial charge is 0.452 e. The summed E-state index contributed by atoms with van der Waals surface area (Å²) >= 11 is 0. The molecule has 39 heavy (non-hydrogen) atoms. The molecule has 1 N–H and O–H groups in total. The molecule has 0 spiro atoms. The molecule has 0 radical (unpaired) electrons. The summed E-state index contributed by atoms with van der Waals surface area (Å²) in [4.78, 5) is 26.6. The van der Waals surface area contributed by atoms with Gasteiger partial charge in [-0.25, -0.2) is 9.07 Å². The van der Waals surface area contributed by atoms with Gasteiger partial charge in [-0.2, -0.15) is 10.2 Å². The Morgan fingerprint density at radius 1 is 1.26 bits per heavy atom. The summed E-state index contributed by atoms with van der Waals surface area (Å²) in [5.74, 6) is -0.759. The maximum atomic E-state index is 14.2. The Morgan fingerprint density at radius 2 is 2.05 bits per heavy atom. The Kier molecular flexibility index (Phi) is 7.81. The number of ether oxygens (including phenoxy) is 3. The minimum absolute atomic E-state index is 0.00270. The van der Waals surface area contributed by atoms with Gasteiger partial charge >= 0.3 is 0 Å². The second kappa shape index (κ2) is 11.3. The molecule has 3 aromatic rings. The molecular formula is C28H34FN5O5. The predicted octanol–water partition coefficient (Wildman–Crippen LogP) is 4.59. The van der Waals surface area contributed by atoms with Crippen LogP contribution in [-0.4, -0.2) is 44.0 Å². The van der Waals surface area contributed by atoms with Gasteiger partial charge in [0.05, 0.1) is 19.3 Å². The minimum Gasteiger partial charge on any atom is -0.452 e. The van der Waals surface area contributed by atoms with Crippen LogP contribution in [0.5, 0.6) is 11.5 Å². The van der Waals surface area contributed by atoms with Gasteiger partial charge in [0.15, 0.2) is 28.9 Å². The zero-order chi connectivity index (χ0) is 27.6. The smallest absolute Gasteiger partial charge is 0.271 e. The average molecular weight is 540 g/mol. The number of hydrogen-bond donors (Lipinski definition) is 1. The number of aryl methyl sites for hydroxylation is 1. The van der Waals surface area contributed by atoms with Crippen LogP contribution in [0.1, 0.15) is 57.6 Å². The molecule has 2 aliphatic rings. The predicted molar refractivity (Wildman–Crippen MR) is 141 cm³/mol. The van der Waals surface area contributed by atoms with Crippen molar-refractivity contribution in [1.29, 1.82) is 0 Å². The van der Waals surface area contributed by atoms with Gasteiger partial charge in [-0.3, -0.25) is 14.3 Å². The third-order valence-electron chi connectivity index (χ3n) is 7.09. The summed E-state index contributed by atoms with van der Waals surface area (Å²) in [5, 5.41) is 11.6. The van der Waals surface area contributed by atoms with Gasteiger partial charge in [0, 0.05) is 18.3 Å². The molecule has 11 heteroatoms. The van der Waals surface area contributed by atoms with Crippen LogP contribution in [0.25, 0.3) is 0 Å². The molecule has 2 atom stereocenters. The first-order valence-corrected chi connectivity index (χ1v) is 13.3. The van der Waals surface area contributed by atoms with Crippen molar-refractivity contribution in [3.8, 4) is 11.5 Å². The third-order valence-corrected chi connectivity index (χ3v) is 7.09. The maximum absolute atomic E-state index is 14.2. The van der Waals surface area contributed by atoms with Crippen LogP contribution in [0.4, 0.5) is 10.2 Å². The molecule has 2 fully saturated rings. The van der Waals surface area contributed by atoms with Crippen molar-refractivity contribution in [3.63, 3.8) is 0 Å². The van der Waals surface area contributed by atoms with Crippen LogP contribution >= 0.6 is 0 Å². The Balaban J connectivity index is 1.31. The number of benzene rings is 1. The number of carbonyl (C=O) groups is 1. The van der Waals surface area contributed by atoms with E-state index in [0.29, 0.717) is 31.3 Å². The topological polar surface area (TPSA) is 110 Å². The summed E-state index contributed by atoms with van der Waals surface area (Å²) in [6, 6.07) is 6.58. The van der Waals surface area contributed by atoms with E-state index in [9.17, 15) is 14.0 Å². The first-order valence-electron chi connectivity index (χ1n) is 13.3. The lowest BCUT2D eigenvalue weighted by Gasteiger charge is -2.21. The SMILES string of the molecule is Cc1ccc(F)c(Oc2cnn(C(CC3CCCC3)C(=O)Nc3ccn(C[C@@H]4COC(C)(C)O4)n3)c(=O)c2)c1. The summed E-state index contributed by atoms with van der Waals surface area (Å²) in [5.41, 5.74) is 0.307. The second-order valence-electron chi connectivity index (χ2n) is 10.8. The van der Waals surface area contributed by atoms with E-state index in [1.54, 1.807) is 29.1 Å². The van der Waals surface area contributed by atoms with E-state index < -0.39 is 23.2 Å². The van der Waals surface area contributed by atoms with Crippen molar-refractivity contribution < 1.29 is 23.4 Å². The van der Waals surface area contributed by atoms with Crippen LogP contribution in [0.2, 0.25) is 0 Å². The van der Waals surface area contributed by atoms with E-state index in [2.05, 4.69) is 15.5 Å². The highest BCUT2D eigenvalue weighted by Gasteiger charge is 2.33. The Morgan fingerprint density at radius 3 is 2.77 bits per heavy atom. The standard InChI is InChI=1S/C28H34FN5O5/c1-18-8-9-22(29)24(12-18)38-20-14-26(35)34(30-15-20)23(13-19-6-4-5-7-19)27(36)31-25-10-11-33(32-25)16-21-17-37-28(2,3)39-21/h8-12,14-15,19,21,23H,4-7,13,16-17H2,1-3H3,(H,31,32,36)/t21-,23?/m1/s1. The fourth-order valence-corrected chi connectivity index (χ4v) is 5.19. The lowest BCUT2D eigenvalue weighted by molar-refractivity contribution is -0.139. The van der Waals surface area contributed by atoms with Gasteiger partial charge in [0.1, 0.15) is 12.1 Å². The van der Waals surface area contributed by atoms with E-state index in [1.165, 1.54) is 23.0 Å². The fourth-order valence-electron chi connectivity index (χ4n) is 5.19. The second-order valence-corrected chi connectivity index (χ2v) is 10.8. The van der Waals surface area contributed by atoms with Crippen LogP contribution in [0, 0.1) is 18.7 Å². The highest BCUT2D eigenvalue weighted by atomic mass is 19.1. The Hall–Kier alpha value is -3.57. The monoisotopic (exact) mass is 539 g/mol. The Labute approximate surface area is 226 Å². The van der Waals surface area contributed by atoms with Crippen molar-refractivity contribution >= 4 is 11.7 Å². The zero-order valence-electron chi connectivity index (χ0n) is 22.4. The van der Waals surface area contributed by atoms with E-state index in [1.807, 2.05) is 20.8 Å². The number of anilines is 1. The lowest BCUT2D eigenvalue weighted by atomic mass is 9.98. The highest BCUT2D eigenvalue weighted by Crippen LogP contribution is 2.32. The number of nitrogens with one attached hydrogen (secondary N) is 1. The highest BCUT2D eigenvalue weighted by molar-refractivity contribution is 5.92. The number of rotatable bonds is 9.